The van der Waals surface area contributed by atoms with E-state index in [0.717, 1.165) is 18.7 Å². The molecule has 96 valence electrons. The molecule has 3 N–H and O–H groups in total. The van der Waals surface area contributed by atoms with Crippen LogP contribution in [0.15, 0.2) is 12.1 Å². The number of nitrogens with two attached hydrogens (primary N) is 1. The lowest BCUT2D eigenvalue weighted by atomic mass is 10.2. The average molecular weight is 258 g/mol. The van der Waals surface area contributed by atoms with E-state index in [1.807, 2.05) is 0 Å². The maximum absolute atomic E-state index is 8.87. The third-order valence-corrected chi connectivity index (χ3v) is 2.97. The Hall–Kier alpha value is -0.840. The second kappa shape index (κ2) is 6.79. The van der Waals surface area contributed by atoms with Gasteiger partial charge in [-0.2, -0.15) is 0 Å². The second-order valence-electron chi connectivity index (χ2n) is 4.31. The lowest BCUT2D eigenvalue weighted by Gasteiger charge is -2.26. The summed E-state index contributed by atoms with van der Waals surface area (Å²) in [7, 11) is 0. The lowest BCUT2D eigenvalue weighted by molar-refractivity contribution is 0.183. The van der Waals surface area contributed by atoms with Crippen molar-refractivity contribution in [1.82, 2.24) is 9.88 Å². The molecule has 0 saturated heterocycles. The van der Waals surface area contributed by atoms with Crippen molar-refractivity contribution < 1.29 is 5.11 Å². The Morgan fingerprint density at radius 1 is 1.47 bits per heavy atom. The molecule has 0 aromatic carbocycles. The van der Waals surface area contributed by atoms with Crippen molar-refractivity contribution in [2.75, 3.05) is 18.9 Å². The van der Waals surface area contributed by atoms with Crippen molar-refractivity contribution >= 4 is 17.4 Å². The van der Waals surface area contributed by atoms with Crippen LogP contribution in [0.4, 0.5) is 5.82 Å². The molecule has 0 aliphatic rings. The Balaban J connectivity index is 2.74. The summed E-state index contributed by atoms with van der Waals surface area (Å²) < 4.78 is 0. The van der Waals surface area contributed by atoms with Gasteiger partial charge >= 0.3 is 0 Å². The van der Waals surface area contributed by atoms with Crippen LogP contribution in [-0.2, 0) is 6.54 Å². The Morgan fingerprint density at radius 2 is 2.18 bits per heavy atom. The zero-order valence-electron chi connectivity index (χ0n) is 10.4. The van der Waals surface area contributed by atoms with Gasteiger partial charge in [0.1, 0.15) is 5.82 Å². The third kappa shape index (κ3) is 4.50. The smallest absolute Gasteiger partial charge is 0.123 e. The molecule has 1 aromatic rings. The zero-order valence-corrected chi connectivity index (χ0v) is 11.1. The van der Waals surface area contributed by atoms with Crippen molar-refractivity contribution in [1.29, 1.82) is 0 Å². The van der Waals surface area contributed by atoms with Crippen molar-refractivity contribution in [2.45, 2.75) is 32.9 Å². The fourth-order valence-corrected chi connectivity index (χ4v) is 1.76. The van der Waals surface area contributed by atoms with Crippen LogP contribution in [0.5, 0.6) is 0 Å². The van der Waals surface area contributed by atoms with Crippen LogP contribution in [0.3, 0.4) is 0 Å². The van der Waals surface area contributed by atoms with Gasteiger partial charge in [-0.15, -0.1) is 0 Å². The van der Waals surface area contributed by atoms with Crippen molar-refractivity contribution in [2.24, 2.45) is 0 Å². The fourth-order valence-electron chi connectivity index (χ4n) is 1.60. The van der Waals surface area contributed by atoms with Gasteiger partial charge < -0.3 is 10.8 Å². The van der Waals surface area contributed by atoms with Gasteiger partial charge in [0, 0.05) is 25.7 Å². The summed E-state index contributed by atoms with van der Waals surface area (Å²) in [6.07, 6.45) is 0.748. The molecule has 0 amide bonds. The van der Waals surface area contributed by atoms with Gasteiger partial charge in [-0.1, -0.05) is 11.6 Å². The number of hydrogen-bond donors (Lipinski definition) is 2. The average Bonchev–Trinajstić information content (AvgIpc) is 2.28. The van der Waals surface area contributed by atoms with E-state index < -0.39 is 0 Å². The summed E-state index contributed by atoms with van der Waals surface area (Å²) in [6.45, 7) is 5.89. The van der Waals surface area contributed by atoms with E-state index in [2.05, 4.69) is 23.7 Å². The molecule has 0 fully saturated rings. The molecule has 1 aromatic heterocycles. The Labute approximate surface area is 107 Å². The van der Waals surface area contributed by atoms with Gasteiger partial charge in [0.25, 0.3) is 0 Å². The lowest BCUT2D eigenvalue weighted by Crippen LogP contribution is -2.32. The number of nitrogen functional groups attached to an aromatic ring is 1. The van der Waals surface area contributed by atoms with E-state index in [4.69, 9.17) is 22.4 Å². The molecule has 0 radical (unpaired) electrons. The number of halogens is 1. The van der Waals surface area contributed by atoms with Crippen LogP contribution >= 0.6 is 11.6 Å². The van der Waals surface area contributed by atoms with Crippen LogP contribution in [0, 0.1) is 0 Å². The molecule has 5 heteroatoms. The number of anilines is 1. The first-order chi connectivity index (χ1) is 8.04. The Kier molecular flexibility index (Phi) is 5.68. The summed E-state index contributed by atoms with van der Waals surface area (Å²) >= 11 is 6.08. The number of rotatable bonds is 6. The van der Waals surface area contributed by atoms with E-state index in [0.29, 0.717) is 23.4 Å². The number of aromatic nitrogens is 1. The minimum absolute atomic E-state index is 0.196. The molecule has 1 heterocycles. The topological polar surface area (TPSA) is 62.4 Å². The zero-order chi connectivity index (χ0) is 12.8. The van der Waals surface area contributed by atoms with Gasteiger partial charge in [0.05, 0.1) is 10.7 Å². The Morgan fingerprint density at radius 3 is 2.76 bits per heavy atom. The minimum Gasteiger partial charge on any atom is -0.396 e. The first kappa shape index (κ1) is 14.2. The largest absolute Gasteiger partial charge is 0.396 e. The van der Waals surface area contributed by atoms with Gasteiger partial charge in [-0.3, -0.25) is 4.90 Å². The standard InChI is InChI=1S/C12H20ClN3O/c1-9(2)16(6-3-7-17)8-11-10(13)4-5-12(14)15-11/h4-5,9,17H,3,6-8H2,1-2H3,(H2,14,15). The fraction of sp³-hybridized carbons (Fsp3) is 0.583. The van der Waals surface area contributed by atoms with Crippen molar-refractivity contribution in [3.63, 3.8) is 0 Å². The summed E-state index contributed by atoms with van der Waals surface area (Å²) in [4.78, 5) is 6.46. The quantitative estimate of drug-likeness (QED) is 0.817. The second-order valence-corrected chi connectivity index (χ2v) is 4.71. The first-order valence-electron chi connectivity index (χ1n) is 5.80. The molecule has 0 saturated carbocycles. The van der Waals surface area contributed by atoms with E-state index >= 15 is 0 Å². The number of pyridine rings is 1. The van der Waals surface area contributed by atoms with Gasteiger partial charge in [0.15, 0.2) is 0 Å². The first-order valence-corrected chi connectivity index (χ1v) is 6.18. The predicted octanol–water partition coefficient (Wildman–Crippen LogP) is 1.91. The van der Waals surface area contributed by atoms with Crippen LogP contribution in [0.2, 0.25) is 5.02 Å². The van der Waals surface area contributed by atoms with E-state index in [1.165, 1.54) is 0 Å². The SMILES string of the molecule is CC(C)N(CCCO)Cc1nc(N)ccc1Cl. The molecule has 1 rings (SSSR count). The molecular formula is C12H20ClN3O. The van der Waals surface area contributed by atoms with Crippen LogP contribution in [0.1, 0.15) is 26.0 Å². The molecule has 0 unspecified atom stereocenters. The van der Waals surface area contributed by atoms with Crippen LogP contribution < -0.4 is 5.73 Å². The number of nitrogens with zero attached hydrogens (tertiary/aromatic N) is 2. The molecule has 0 atom stereocenters. The van der Waals surface area contributed by atoms with Crippen molar-refractivity contribution in [3.05, 3.63) is 22.8 Å². The molecular weight excluding hydrogens is 238 g/mol. The number of aliphatic hydroxyl groups excluding tert-OH is 1. The summed E-state index contributed by atoms with van der Waals surface area (Å²) in [5.74, 6) is 0.482. The normalized spacial score (nSPS) is 11.4. The van der Waals surface area contributed by atoms with E-state index in [9.17, 15) is 0 Å². The maximum atomic E-state index is 8.87. The molecule has 0 spiro atoms. The number of aliphatic hydroxyl groups is 1. The summed E-state index contributed by atoms with van der Waals surface area (Å²) in [5, 5.41) is 9.51. The highest BCUT2D eigenvalue weighted by atomic mass is 35.5. The minimum atomic E-state index is 0.196. The molecule has 4 nitrogen and oxygen atoms in total. The van der Waals surface area contributed by atoms with E-state index in [1.54, 1.807) is 12.1 Å². The predicted molar refractivity (Wildman–Crippen MR) is 70.9 cm³/mol. The highest BCUT2D eigenvalue weighted by molar-refractivity contribution is 6.31. The molecule has 0 aliphatic carbocycles. The highest BCUT2D eigenvalue weighted by Gasteiger charge is 2.12. The monoisotopic (exact) mass is 257 g/mol. The summed E-state index contributed by atoms with van der Waals surface area (Å²) in [6, 6.07) is 3.84. The molecule has 0 bridgehead atoms. The Bertz CT molecular complexity index is 358. The third-order valence-electron chi connectivity index (χ3n) is 2.63. The van der Waals surface area contributed by atoms with Crippen LogP contribution in [0.25, 0.3) is 0 Å². The van der Waals surface area contributed by atoms with Gasteiger partial charge in [-0.25, -0.2) is 4.98 Å². The van der Waals surface area contributed by atoms with E-state index in [-0.39, 0.29) is 6.61 Å². The highest BCUT2D eigenvalue weighted by Crippen LogP contribution is 2.18. The van der Waals surface area contributed by atoms with Gasteiger partial charge in [0.2, 0.25) is 0 Å². The summed E-state index contributed by atoms with van der Waals surface area (Å²) in [5.41, 5.74) is 6.44. The van der Waals surface area contributed by atoms with Gasteiger partial charge in [-0.05, 0) is 32.4 Å². The van der Waals surface area contributed by atoms with Crippen LogP contribution in [-0.4, -0.2) is 34.2 Å². The number of hydrogen-bond acceptors (Lipinski definition) is 4. The molecule has 0 aliphatic heterocycles. The maximum Gasteiger partial charge on any atom is 0.123 e. The molecule has 17 heavy (non-hydrogen) atoms. The van der Waals surface area contributed by atoms with Crippen molar-refractivity contribution in [3.8, 4) is 0 Å².